The van der Waals surface area contributed by atoms with Gasteiger partial charge in [-0.25, -0.2) is 4.98 Å². The molecule has 2 N–H and O–H groups in total. The number of carbonyl (C=O) groups is 1. The molecule has 33 heavy (non-hydrogen) atoms. The molecule has 0 spiro atoms. The Balaban J connectivity index is 1.57. The van der Waals surface area contributed by atoms with Crippen LogP contribution in [0.4, 0.5) is 5.69 Å². The van der Waals surface area contributed by atoms with Crippen molar-refractivity contribution in [2.45, 2.75) is 56.0 Å². The zero-order valence-electron chi connectivity index (χ0n) is 19.2. The SMILES string of the molecule is CN(C(=O)C1CCCCC1)c1ccc2c(c1)nc(SCc1ccc(C#N)cc1)n2CCCN. The minimum atomic E-state index is 0.139. The molecule has 0 atom stereocenters. The Morgan fingerprint density at radius 3 is 2.67 bits per heavy atom. The topological polar surface area (TPSA) is 87.9 Å². The van der Waals surface area contributed by atoms with Crippen molar-refractivity contribution < 1.29 is 4.79 Å². The highest BCUT2D eigenvalue weighted by molar-refractivity contribution is 7.98. The third kappa shape index (κ3) is 5.40. The predicted molar refractivity (Wildman–Crippen MR) is 134 cm³/mol. The van der Waals surface area contributed by atoms with E-state index in [9.17, 15) is 4.79 Å². The van der Waals surface area contributed by atoms with E-state index in [1.54, 1.807) is 16.7 Å². The van der Waals surface area contributed by atoms with Gasteiger partial charge in [0.2, 0.25) is 5.91 Å². The molecule has 1 saturated carbocycles. The molecule has 1 amide bonds. The highest BCUT2D eigenvalue weighted by Gasteiger charge is 2.25. The summed E-state index contributed by atoms with van der Waals surface area (Å²) in [6.07, 6.45) is 6.40. The maximum Gasteiger partial charge on any atom is 0.229 e. The third-order valence-electron chi connectivity index (χ3n) is 6.41. The van der Waals surface area contributed by atoms with Crippen LogP contribution in [0.25, 0.3) is 11.0 Å². The largest absolute Gasteiger partial charge is 0.330 e. The van der Waals surface area contributed by atoms with Gasteiger partial charge in [-0.05, 0) is 61.7 Å². The molecule has 3 aromatic rings. The molecule has 7 heteroatoms. The quantitative estimate of drug-likeness (QED) is 0.472. The van der Waals surface area contributed by atoms with Gasteiger partial charge in [0.25, 0.3) is 0 Å². The van der Waals surface area contributed by atoms with E-state index in [0.717, 1.165) is 71.8 Å². The second-order valence-corrected chi connectivity index (χ2v) is 9.63. The van der Waals surface area contributed by atoms with Gasteiger partial charge in [-0.2, -0.15) is 5.26 Å². The second kappa shape index (κ2) is 10.9. The van der Waals surface area contributed by atoms with Crippen molar-refractivity contribution in [1.29, 1.82) is 5.26 Å². The number of thioether (sulfide) groups is 1. The smallest absolute Gasteiger partial charge is 0.229 e. The number of amides is 1. The molecule has 1 heterocycles. The van der Waals surface area contributed by atoms with E-state index < -0.39 is 0 Å². The minimum Gasteiger partial charge on any atom is -0.330 e. The standard InChI is InChI=1S/C26H31N5OS/c1-30(25(32)21-6-3-2-4-7-21)22-12-13-24-23(16-22)29-26(31(24)15-5-14-27)33-18-20-10-8-19(17-28)9-11-20/h8-13,16,21H,2-7,14-15,18,27H2,1H3. The zero-order chi connectivity index (χ0) is 23.2. The summed E-state index contributed by atoms with van der Waals surface area (Å²) in [4.78, 5) is 19.7. The molecule has 1 aliphatic carbocycles. The van der Waals surface area contributed by atoms with Gasteiger partial charge in [0.1, 0.15) is 0 Å². The fourth-order valence-corrected chi connectivity index (χ4v) is 5.45. The van der Waals surface area contributed by atoms with Crippen LogP contribution in [0.1, 0.15) is 49.7 Å². The summed E-state index contributed by atoms with van der Waals surface area (Å²) in [7, 11) is 1.88. The van der Waals surface area contributed by atoms with Crippen LogP contribution in [0.5, 0.6) is 0 Å². The Morgan fingerprint density at radius 2 is 1.97 bits per heavy atom. The number of benzene rings is 2. The summed E-state index contributed by atoms with van der Waals surface area (Å²) in [5.41, 5.74) is 10.5. The van der Waals surface area contributed by atoms with Crippen LogP contribution in [0.15, 0.2) is 47.6 Å². The third-order valence-corrected chi connectivity index (χ3v) is 7.45. The molecule has 172 valence electrons. The molecule has 1 fully saturated rings. The lowest BCUT2D eigenvalue weighted by Crippen LogP contribution is -2.33. The Hall–Kier alpha value is -2.82. The normalized spacial score (nSPS) is 14.3. The van der Waals surface area contributed by atoms with Crippen LogP contribution in [0.3, 0.4) is 0 Å². The van der Waals surface area contributed by atoms with Crippen molar-refractivity contribution in [3.8, 4) is 6.07 Å². The average molecular weight is 462 g/mol. The summed E-state index contributed by atoms with van der Waals surface area (Å²) >= 11 is 1.68. The molecule has 0 unspecified atom stereocenters. The molecule has 1 aliphatic rings. The maximum atomic E-state index is 13.0. The molecule has 1 aromatic heterocycles. The van der Waals surface area contributed by atoms with Crippen LogP contribution in [-0.2, 0) is 17.1 Å². The summed E-state index contributed by atoms with van der Waals surface area (Å²) in [5, 5.41) is 9.95. The molecule has 0 aliphatic heterocycles. The maximum absolute atomic E-state index is 13.0. The van der Waals surface area contributed by atoms with Crippen molar-refractivity contribution >= 4 is 34.4 Å². The van der Waals surface area contributed by atoms with E-state index in [4.69, 9.17) is 16.0 Å². The van der Waals surface area contributed by atoms with Crippen molar-refractivity contribution in [2.75, 3.05) is 18.5 Å². The average Bonchev–Trinajstić information content (AvgIpc) is 3.22. The highest BCUT2D eigenvalue weighted by atomic mass is 32.2. The molecule has 2 aromatic carbocycles. The summed E-state index contributed by atoms with van der Waals surface area (Å²) in [6.45, 7) is 1.43. The first-order valence-electron chi connectivity index (χ1n) is 11.7. The summed E-state index contributed by atoms with van der Waals surface area (Å²) < 4.78 is 2.23. The first-order chi connectivity index (χ1) is 16.1. The van der Waals surface area contributed by atoms with Crippen molar-refractivity contribution in [3.63, 3.8) is 0 Å². The van der Waals surface area contributed by atoms with Gasteiger partial charge in [-0.15, -0.1) is 0 Å². The number of fused-ring (bicyclic) bond motifs is 1. The van der Waals surface area contributed by atoms with E-state index >= 15 is 0 Å². The molecular formula is C26H31N5OS. The highest BCUT2D eigenvalue weighted by Crippen LogP contribution is 2.31. The Morgan fingerprint density at radius 1 is 1.21 bits per heavy atom. The van der Waals surface area contributed by atoms with Gasteiger partial charge in [0.15, 0.2) is 5.16 Å². The minimum absolute atomic E-state index is 0.139. The summed E-state index contributed by atoms with van der Waals surface area (Å²) in [6, 6.07) is 16.0. The second-order valence-electron chi connectivity index (χ2n) is 8.69. The van der Waals surface area contributed by atoms with E-state index in [-0.39, 0.29) is 11.8 Å². The number of carbonyl (C=O) groups excluding carboxylic acids is 1. The van der Waals surface area contributed by atoms with Crippen LogP contribution < -0.4 is 10.6 Å². The number of nitrogens with zero attached hydrogens (tertiary/aromatic N) is 4. The molecular weight excluding hydrogens is 430 g/mol. The number of imidazole rings is 1. The lowest BCUT2D eigenvalue weighted by Gasteiger charge is -2.26. The van der Waals surface area contributed by atoms with Gasteiger partial charge in [0.05, 0.1) is 22.7 Å². The lowest BCUT2D eigenvalue weighted by molar-refractivity contribution is -0.123. The van der Waals surface area contributed by atoms with E-state index in [1.807, 2.05) is 43.4 Å². The monoisotopic (exact) mass is 461 g/mol. The number of nitriles is 1. The van der Waals surface area contributed by atoms with Crippen LogP contribution in [0, 0.1) is 17.2 Å². The fourth-order valence-electron chi connectivity index (χ4n) is 4.45. The first kappa shape index (κ1) is 23.3. The van der Waals surface area contributed by atoms with Gasteiger partial charge in [-0.3, -0.25) is 4.79 Å². The molecule has 0 bridgehead atoms. The number of hydrogen-bond acceptors (Lipinski definition) is 5. The van der Waals surface area contributed by atoms with Crippen molar-refractivity contribution in [3.05, 3.63) is 53.6 Å². The lowest BCUT2D eigenvalue weighted by atomic mass is 9.88. The van der Waals surface area contributed by atoms with Gasteiger partial charge >= 0.3 is 0 Å². The number of anilines is 1. The van der Waals surface area contributed by atoms with Gasteiger partial charge in [0, 0.05) is 31.0 Å². The number of hydrogen-bond donors (Lipinski definition) is 1. The van der Waals surface area contributed by atoms with Crippen molar-refractivity contribution in [1.82, 2.24) is 9.55 Å². The Bertz CT molecular complexity index is 1140. The van der Waals surface area contributed by atoms with E-state index in [1.165, 1.54) is 6.42 Å². The Labute approximate surface area is 199 Å². The van der Waals surface area contributed by atoms with E-state index in [0.29, 0.717) is 12.1 Å². The predicted octanol–water partition coefficient (Wildman–Crippen LogP) is 5.09. The molecule has 0 radical (unpaired) electrons. The molecule has 0 saturated heterocycles. The van der Waals surface area contributed by atoms with Crippen LogP contribution in [-0.4, -0.2) is 29.1 Å². The Kier molecular flexibility index (Phi) is 7.69. The number of aryl methyl sites for hydroxylation is 1. The van der Waals surface area contributed by atoms with Crippen molar-refractivity contribution in [2.24, 2.45) is 11.7 Å². The van der Waals surface area contributed by atoms with Gasteiger partial charge < -0.3 is 15.2 Å². The summed E-state index contributed by atoms with van der Waals surface area (Å²) in [5.74, 6) is 1.12. The fraction of sp³-hybridized carbons (Fsp3) is 0.423. The number of aromatic nitrogens is 2. The molecule has 6 nitrogen and oxygen atoms in total. The first-order valence-corrected chi connectivity index (χ1v) is 12.7. The zero-order valence-corrected chi connectivity index (χ0v) is 20.0. The number of rotatable bonds is 8. The van der Waals surface area contributed by atoms with E-state index in [2.05, 4.69) is 16.7 Å². The van der Waals surface area contributed by atoms with Gasteiger partial charge in [-0.1, -0.05) is 43.2 Å². The van der Waals surface area contributed by atoms with Crippen LogP contribution in [0.2, 0.25) is 0 Å². The van der Waals surface area contributed by atoms with Crippen LogP contribution >= 0.6 is 11.8 Å². The molecule has 4 rings (SSSR count). The number of nitrogens with two attached hydrogens (primary N) is 1.